The van der Waals surface area contributed by atoms with Gasteiger partial charge in [0.2, 0.25) is 11.8 Å². The average molecular weight is 376 g/mol. The van der Waals surface area contributed by atoms with Gasteiger partial charge < -0.3 is 10.6 Å². The standard InChI is InChI=1S/C18H18ClN3O4/c1-12(23)21-17(14-4-6-15(19)7-5-14)10-18(24)20-11-13-2-8-16(9-3-13)22(25)26/h2-9,17H,10-11H2,1H3,(H,20,24)(H,21,23). The van der Waals surface area contributed by atoms with Gasteiger partial charge in [-0.05, 0) is 23.3 Å². The first-order valence-electron chi connectivity index (χ1n) is 7.87. The van der Waals surface area contributed by atoms with Crippen molar-refractivity contribution in [2.75, 3.05) is 0 Å². The van der Waals surface area contributed by atoms with Crippen molar-refractivity contribution in [3.8, 4) is 0 Å². The van der Waals surface area contributed by atoms with E-state index in [1.54, 1.807) is 36.4 Å². The lowest BCUT2D eigenvalue weighted by Crippen LogP contribution is -2.32. The zero-order valence-electron chi connectivity index (χ0n) is 14.1. The lowest BCUT2D eigenvalue weighted by molar-refractivity contribution is -0.384. The molecule has 0 spiro atoms. The van der Waals surface area contributed by atoms with E-state index in [4.69, 9.17) is 11.6 Å². The van der Waals surface area contributed by atoms with Crippen LogP contribution < -0.4 is 10.6 Å². The molecule has 0 aliphatic heterocycles. The van der Waals surface area contributed by atoms with Gasteiger partial charge in [-0.3, -0.25) is 19.7 Å². The van der Waals surface area contributed by atoms with Gasteiger partial charge in [0, 0.05) is 30.6 Å². The minimum absolute atomic E-state index is 0.00598. The highest BCUT2D eigenvalue weighted by Crippen LogP contribution is 2.19. The van der Waals surface area contributed by atoms with E-state index in [-0.39, 0.29) is 30.5 Å². The zero-order valence-corrected chi connectivity index (χ0v) is 14.8. The van der Waals surface area contributed by atoms with Gasteiger partial charge in [-0.15, -0.1) is 0 Å². The summed E-state index contributed by atoms with van der Waals surface area (Å²) in [7, 11) is 0. The van der Waals surface area contributed by atoms with Crippen LogP contribution in [0.5, 0.6) is 0 Å². The second-order valence-corrected chi connectivity index (χ2v) is 6.15. The van der Waals surface area contributed by atoms with Crippen molar-refractivity contribution in [2.24, 2.45) is 0 Å². The number of nitrogens with zero attached hydrogens (tertiary/aromatic N) is 1. The van der Waals surface area contributed by atoms with Crippen molar-refractivity contribution in [1.82, 2.24) is 10.6 Å². The third-order valence-electron chi connectivity index (χ3n) is 3.68. The molecular formula is C18H18ClN3O4. The number of halogens is 1. The van der Waals surface area contributed by atoms with Crippen LogP contribution in [0.2, 0.25) is 5.02 Å². The molecule has 7 nitrogen and oxygen atoms in total. The Morgan fingerprint density at radius 2 is 1.73 bits per heavy atom. The quantitative estimate of drug-likeness (QED) is 0.573. The van der Waals surface area contributed by atoms with Gasteiger partial charge in [0.15, 0.2) is 0 Å². The fourth-order valence-corrected chi connectivity index (χ4v) is 2.51. The maximum atomic E-state index is 12.2. The number of hydrogen-bond acceptors (Lipinski definition) is 4. The Hall–Kier alpha value is -2.93. The molecule has 2 aromatic carbocycles. The molecule has 1 unspecified atom stereocenters. The van der Waals surface area contributed by atoms with E-state index < -0.39 is 11.0 Å². The number of carbonyl (C=O) groups is 2. The lowest BCUT2D eigenvalue weighted by atomic mass is 10.0. The first kappa shape index (κ1) is 19.4. The molecule has 2 N–H and O–H groups in total. The molecular weight excluding hydrogens is 358 g/mol. The van der Waals surface area contributed by atoms with E-state index in [2.05, 4.69) is 10.6 Å². The largest absolute Gasteiger partial charge is 0.352 e. The van der Waals surface area contributed by atoms with E-state index in [0.29, 0.717) is 5.02 Å². The number of non-ortho nitro benzene ring substituents is 1. The van der Waals surface area contributed by atoms with Crippen LogP contribution in [0.15, 0.2) is 48.5 Å². The summed E-state index contributed by atoms with van der Waals surface area (Å²) in [4.78, 5) is 33.8. The Morgan fingerprint density at radius 1 is 1.12 bits per heavy atom. The van der Waals surface area contributed by atoms with Gasteiger partial charge in [-0.2, -0.15) is 0 Å². The second kappa shape index (κ2) is 8.96. The Bertz CT molecular complexity index is 791. The molecule has 0 radical (unpaired) electrons. The van der Waals surface area contributed by atoms with E-state index in [1.165, 1.54) is 19.1 Å². The van der Waals surface area contributed by atoms with Crippen molar-refractivity contribution < 1.29 is 14.5 Å². The van der Waals surface area contributed by atoms with Crippen LogP contribution in [0.3, 0.4) is 0 Å². The molecule has 2 rings (SSSR count). The van der Waals surface area contributed by atoms with Crippen LogP contribution in [0.25, 0.3) is 0 Å². The zero-order chi connectivity index (χ0) is 19.1. The summed E-state index contributed by atoms with van der Waals surface area (Å²) in [5.41, 5.74) is 1.51. The molecule has 1 atom stereocenters. The van der Waals surface area contributed by atoms with Crippen molar-refractivity contribution in [3.05, 3.63) is 74.8 Å². The molecule has 2 amide bonds. The molecule has 0 saturated heterocycles. The van der Waals surface area contributed by atoms with Crippen molar-refractivity contribution in [2.45, 2.75) is 25.9 Å². The highest BCUT2D eigenvalue weighted by Gasteiger charge is 2.17. The Morgan fingerprint density at radius 3 is 2.27 bits per heavy atom. The number of nitro benzene ring substituents is 1. The average Bonchev–Trinajstić information content (AvgIpc) is 2.60. The highest BCUT2D eigenvalue weighted by atomic mass is 35.5. The normalized spacial score (nSPS) is 11.5. The summed E-state index contributed by atoms with van der Waals surface area (Å²) in [5, 5.41) is 16.7. The molecule has 136 valence electrons. The molecule has 0 heterocycles. The molecule has 0 aliphatic carbocycles. The van der Waals surface area contributed by atoms with Crippen molar-refractivity contribution in [1.29, 1.82) is 0 Å². The smallest absolute Gasteiger partial charge is 0.269 e. The van der Waals surface area contributed by atoms with Gasteiger partial charge in [-0.25, -0.2) is 0 Å². The monoisotopic (exact) mass is 375 g/mol. The Labute approximate surface area is 155 Å². The number of amides is 2. The molecule has 26 heavy (non-hydrogen) atoms. The molecule has 0 aromatic heterocycles. The van der Waals surface area contributed by atoms with Crippen molar-refractivity contribution in [3.63, 3.8) is 0 Å². The summed E-state index contributed by atoms with van der Waals surface area (Å²) < 4.78 is 0. The van der Waals surface area contributed by atoms with Crippen LogP contribution in [0, 0.1) is 10.1 Å². The highest BCUT2D eigenvalue weighted by molar-refractivity contribution is 6.30. The predicted octanol–water partition coefficient (Wildman–Crippen LogP) is 3.13. The van der Waals surface area contributed by atoms with Crippen LogP contribution in [-0.2, 0) is 16.1 Å². The third kappa shape index (κ3) is 5.86. The molecule has 0 saturated carbocycles. The third-order valence-corrected chi connectivity index (χ3v) is 3.93. The molecule has 0 aliphatic rings. The van der Waals surface area contributed by atoms with Gasteiger partial charge in [0.1, 0.15) is 0 Å². The fraction of sp³-hybridized carbons (Fsp3) is 0.222. The first-order valence-corrected chi connectivity index (χ1v) is 8.25. The Kier molecular flexibility index (Phi) is 6.68. The number of rotatable bonds is 7. The van der Waals surface area contributed by atoms with E-state index >= 15 is 0 Å². The summed E-state index contributed by atoms with van der Waals surface area (Å²) in [5.74, 6) is -0.495. The number of carbonyl (C=O) groups excluding carboxylic acids is 2. The van der Waals surface area contributed by atoms with Gasteiger partial charge in [0.05, 0.1) is 17.4 Å². The summed E-state index contributed by atoms with van der Waals surface area (Å²) >= 11 is 5.87. The maximum absolute atomic E-state index is 12.2. The minimum Gasteiger partial charge on any atom is -0.352 e. The summed E-state index contributed by atoms with van der Waals surface area (Å²) in [6, 6.07) is 12.4. The number of nitrogens with one attached hydrogen (secondary N) is 2. The maximum Gasteiger partial charge on any atom is 0.269 e. The predicted molar refractivity (Wildman–Crippen MR) is 97.6 cm³/mol. The minimum atomic E-state index is -0.480. The summed E-state index contributed by atoms with van der Waals surface area (Å²) in [6.07, 6.45) is 0.0637. The second-order valence-electron chi connectivity index (χ2n) is 5.71. The first-order chi connectivity index (χ1) is 12.3. The van der Waals surface area contributed by atoms with Crippen LogP contribution in [-0.4, -0.2) is 16.7 Å². The lowest BCUT2D eigenvalue weighted by Gasteiger charge is -2.18. The van der Waals surface area contributed by atoms with Crippen LogP contribution >= 0.6 is 11.6 Å². The van der Waals surface area contributed by atoms with Crippen molar-refractivity contribution >= 4 is 29.1 Å². The van der Waals surface area contributed by atoms with E-state index in [9.17, 15) is 19.7 Å². The van der Waals surface area contributed by atoms with Crippen LogP contribution in [0.4, 0.5) is 5.69 Å². The van der Waals surface area contributed by atoms with Gasteiger partial charge >= 0.3 is 0 Å². The summed E-state index contributed by atoms with van der Waals surface area (Å²) in [6.45, 7) is 1.63. The topological polar surface area (TPSA) is 101 Å². The SMILES string of the molecule is CC(=O)NC(CC(=O)NCc1ccc([N+](=O)[O-])cc1)c1ccc(Cl)cc1. The van der Waals surface area contributed by atoms with Gasteiger partial charge in [0.25, 0.3) is 5.69 Å². The molecule has 2 aromatic rings. The number of hydrogen-bond donors (Lipinski definition) is 2. The van der Waals surface area contributed by atoms with Crippen LogP contribution in [0.1, 0.15) is 30.5 Å². The number of benzene rings is 2. The van der Waals surface area contributed by atoms with E-state index in [0.717, 1.165) is 11.1 Å². The molecule has 0 bridgehead atoms. The molecule has 0 fully saturated rings. The van der Waals surface area contributed by atoms with Gasteiger partial charge in [-0.1, -0.05) is 35.9 Å². The fourth-order valence-electron chi connectivity index (χ4n) is 2.39. The molecule has 8 heteroatoms. The Balaban J connectivity index is 1.97. The van der Waals surface area contributed by atoms with E-state index in [1.807, 2.05) is 0 Å². The number of nitro groups is 1.